The van der Waals surface area contributed by atoms with Gasteiger partial charge in [-0.25, -0.2) is 0 Å². The van der Waals surface area contributed by atoms with Crippen molar-refractivity contribution in [3.63, 3.8) is 0 Å². The fourth-order valence-electron chi connectivity index (χ4n) is 1.25. The molecule has 0 bridgehead atoms. The van der Waals surface area contributed by atoms with Gasteiger partial charge in [0.05, 0.1) is 17.6 Å². The topological polar surface area (TPSA) is 63.7 Å². The Balaban J connectivity index is 3.40. The van der Waals surface area contributed by atoms with E-state index >= 15 is 0 Å². The van der Waals surface area contributed by atoms with Crippen molar-refractivity contribution >= 4 is 16.1 Å². The van der Waals surface area contributed by atoms with Gasteiger partial charge in [0.1, 0.15) is 5.75 Å². The van der Waals surface area contributed by atoms with Gasteiger partial charge in [-0.05, 0) is 18.2 Å². The third kappa shape index (κ3) is 2.94. The van der Waals surface area contributed by atoms with Crippen molar-refractivity contribution in [3.8, 4) is 5.75 Å². The van der Waals surface area contributed by atoms with Crippen LogP contribution in [0.15, 0.2) is 23.1 Å². The van der Waals surface area contributed by atoms with Gasteiger partial charge in [-0.3, -0.25) is 4.79 Å². The number of benzene rings is 1. The molecule has 1 aromatic carbocycles. The summed E-state index contributed by atoms with van der Waals surface area (Å²) in [5.74, 6) is -0.275. The SMILES string of the molecule is COc1ccc(S(=O)(=O)F)cc1C(=O)N(C)C. The molecule has 0 saturated heterocycles. The number of methoxy groups -OCH3 is 1. The summed E-state index contributed by atoms with van der Waals surface area (Å²) in [4.78, 5) is 12.4. The molecule has 0 aromatic heterocycles. The Bertz CT molecular complexity index is 539. The van der Waals surface area contributed by atoms with E-state index in [0.29, 0.717) is 0 Å². The van der Waals surface area contributed by atoms with Crippen LogP contribution < -0.4 is 4.74 Å². The van der Waals surface area contributed by atoms with Crippen LogP contribution in [0.25, 0.3) is 0 Å². The maximum Gasteiger partial charge on any atom is 0.332 e. The van der Waals surface area contributed by atoms with Crippen molar-refractivity contribution in [2.75, 3.05) is 21.2 Å². The average molecular weight is 261 g/mol. The van der Waals surface area contributed by atoms with Gasteiger partial charge in [0.25, 0.3) is 5.91 Å². The molecule has 94 valence electrons. The summed E-state index contributed by atoms with van der Waals surface area (Å²) in [5.41, 5.74) is -0.00350. The zero-order chi connectivity index (χ0) is 13.2. The molecule has 0 N–H and O–H groups in total. The first-order valence-electron chi connectivity index (χ1n) is 4.61. The summed E-state index contributed by atoms with van der Waals surface area (Å²) in [6.45, 7) is 0. The Morgan fingerprint density at radius 3 is 2.35 bits per heavy atom. The summed E-state index contributed by atoms with van der Waals surface area (Å²) in [5, 5.41) is 0. The van der Waals surface area contributed by atoms with E-state index in [1.807, 2.05) is 0 Å². The summed E-state index contributed by atoms with van der Waals surface area (Å²) in [6.07, 6.45) is 0. The first-order chi connectivity index (χ1) is 7.77. The number of hydrogen-bond donors (Lipinski definition) is 0. The first-order valence-corrected chi connectivity index (χ1v) is 6.00. The van der Waals surface area contributed by atoms with Crippen molar-refractivity contribution in [1.82, 2.24) is 4.90 Å². The molecule has 5 nitrogen and oxygen atoms in total. The van der Waals surface area contributed by atoms with E-state index in [2.05, 4.69) is 0 Å². The molecule has 7 heteroatoms. The van der Waals surface area contributed by atoms with E-state index in [4.69, 9.17) is 4.74 Å². The summed E-state index contributed by atoms with van der Waals surface area (Å²) < 4.78 is 39.2. The van der Waals surface area contributed by atoms with Gasteiger partial charge in [-0.15, -0.1) is 3.89 Å². The molecule has 1 rings (SSSR count). The van der Waals surface area contributed by atoms with Crippen LogP contribution in [-0.4, -0.2) is 40.4 Å². The maximum absolute atomic E-state index is 12.8. The van der Waals surface area contributed by atoms with Crippen LogP contribution in [0.4, 0.5) is 3.89 Å². The smallest absolute Gasteiger partial charge is 0.332 e. The van der Waals surface area contributed by atoms with E-state index in [0.717, 1.165) is 12.1 Å². The van der Waals surface area contributed by atoms with Gasteiger partial charge in [0.15, 0.2) is 0 Å². The Labute approximate surface area is 99.0 Å². The minimum atomic E-state index is -4.84. The average Bonchev–Trinajstić information content (AvgIpc) is 2.25. The predicted molar refractivity (Wildman–Crippen MR) is 59.3 cm³/mol. The first kappa shape index (κ1) is 13.4. The standard InChI is InChI=1S/C10H12FNO4S/c1-12(2)10(13)8-6-7(17(11,14)15)4-5-9(8)16-3/h4-6H,1-3H3. The lowest BCUT2D eigenvalue weighted by Gasteiger charge is -2.13. The Hall–Kier alpha value is -1.63. The second-order valence-corrected chi connectivity index (χ2v) is 4.85. The van der Waals surface area contributed by atoms with E-state index in [1.165, 1.54) is 32.2 Å². The molecule has 0 aliphatic heterocycles. The second kappa shape index (κ2) is 4.70. The van der Waals surface area contributed by atoms with Crippen LogP contribution in [0.1, 0.15) is 10.4 Å². The van der Waals surface area contributed by atoms with Crippen molar-refractivity contribution in [2.45, 2.75) is 4.90 Å². The molecule has 0 spiro atoms. The molecule has 0 fully saturated rings. The van der Waals surface area contributed by atoms with Crippen LogP contribution in [0.2, 0.25) is 0 Å². The number of hydrogen-bond acceptors (Lipinski definition) is 4. The van der Waals surface area contributed by atoms with Gasteiger partial charge in [0.2, 0.25) is 0 Å². The molecule has 0 heterocycles. The largest absolute Gasteiger partial charge is 0.496 e. The molecule has 0 saturated carbocycles. The van der Waals surface area contributed by atoms with E-state index < -0.39 is 21.0 Å². The monoisotopic (exact) mass is 261 g/mol. The quantitative estimate of drug-likeness (QED) is 0.763. The van der Waals surface area contributed by atoms with E-state index in [9.17, 15) is 17.1 Å². The maximum atomic E-state index is 12.8. The molecule has 0 aliphatic rings. The molecular formula is C10H12FNO4S. The van der Waals surface area contributed by atoms with Gasteiger partial charge < -0.3 is 9.64 Å². The second-order valence-electron chi connectivity index (χ2n) is 3.50. The lowest BCUT2D eigenvalue weighted by molar-refractivity contribution is 0.0824. The number of halogens is 1. The van der Waals surface area contributed by atoms with Crippen LogP contribution in [0.5, 0.6) is 5.75 Å². The number of rotatable bonds is 3. The number of carbonyl (C=O) groups is 1. The highest BCUT2D eigenvalue weighted by atomic mass is 32.3. The Morgan fingerprint density at radius 1 is 1.35 bits per heavy atom. The highest BCUT2D eigenvalue weighted by Crippen LogP contribution is 2.24. The Kier molecular flexibility index (Phi) is 3.72. The van der Waals surface area contributed by atoms with Gasteiger partial charge in [-0.2, -0.15) is 8.42 Å². The molecule has 1 aromatic rings. The van der Waals surface area contributed by atoms with Gasteiger partial charge >= 0.3 is 10.2 Å². The number of ether oxygens (including phenoxy) is 1. The molecule has 0 radical (unpaired) electrons. The normalized spacial score (nSPS) is 11.1. The van der Waals surface area contributed by atoms with Crippen LogP contribution in [-0.2, 0) is 10.2 Å². The number of carbonyl (C=O) groups excluding carboxylic acids is 1. The molecule has 0 aliphatic carbocycles. The molecule has 0 atom stereocenters. The van der Waals surface area contributed by atoms with Crippen LogP contribution >= 0.6 is 0 Å². The van der Waals surface area contributed by atoms with Crippen LogP contribution in [0, 0.1) is 0 Å². The Morgan fingerprint density at radius 2 is 1.94 bits per heavy atom. The fraction of sp³-hybridized carbons (Fsp3) is 0.300. The summed E-state index contributed by atoms with van der Waals surface area (Å²) >= 11 is 0. The van der Waals surface area contributed by atoms with Gasteiger partial charge in [0, 0.05) is 14.1 Å². The van der Waals surface area contributed by atoms with Crippen molar-refractivity contribution in [3.05, 3.63) is 23.8 Å². The zero-order valence-corrected chi connectivity index (χ0v) is 10.4. The third-order valence-electron chi connectivity index (χ3n) is 2.09. The highest BCUT2D eigenvalue weighted by molar-refractivity contribution is 7.86. The van der Waals surface area contributed by atoms with Gasteiger partial charge in [-0.1, -0.05) is 0 Å². The van der Waals surface area contributed by atoms with Crippen molar-refractivity contribution in [1.29, 1.82) is 0 Å². The zero-order valence-electron chi connectivity index (χ0n) is 9.60. The minimum Gasteiger partial charge on any atom is -0.496 e. The molecule has 1 amide bonds. The van der Waals surface area contributed by atoms with E-state index in [-0.39, 0.29) is 11.3 Å². The lowest BCUT2D eigenvalue weighted by Crippen LogP contribution is -2.22. The molecule has 0 unspecified atom stereocenters. The minimum absolute atomic E-state index is 0.00350. The van der Waals surface area contributed by atoms with E-state index in [1.54, 1.807) is 0 Å². The summed E-state index contributed by atoms with van der Waals surface area (Å²) in [7, 11) is -0.500. The number of amides is 1. The third-order valence-corrected chi connectivity index (χ3v) is 2.91. The fourth-order valence-corrected chi connectivity index (χ4v) is 1.74. The van der Waals surface area contributed by atoms with Crippen molar-refractivity contribution in [2.24, 2.45) is 0 Å². The lowest BCUT2D eigenvalue weighted by atomic mass is 10.2. The highest BCUT2D eigenvalue weighted by Gasteiger charge is 2.19. The molecular weight excluding hydrogens is 249 g/mol. The molecule has 17 heavy (non-hydrogen) atoms. The van der Waals surface area contributed by atoms with Crippen molar-refractivity contribution < 1.29 is 21.8 Å². The predicted octanol–water partition coefficient (Wildman–Crippen LogP) is 1.06. The summed E-state index contributed by atoms with van der Waals surface area (Å²) in [6, 6.07) is 3.24. The van der Waals surface area contributed by atoms with Crippen LogP contribution in [0.3, 0.4) is 0 Å². The number of nitrogens with zero attached hydrogens (tertiary/aromatic N) is 1.